The number of ether oxygens (including phenoxy) is 2. The Kier molecular flexibility index (Phi) is 7.24. The number of aromatic nitrogens is 1. The summed E-state index contributed by atoms with van der Waals surface area (Å²) >= 11 is 0. The summed E-state index contributed by atoms with van der Waals surface area (Å²) in [6.07, 6.45) is 1.56. The van der Waals surface area contributed by atoms with Crippen molar-refractivity contribution < 1.29 is 19.1 Å². The van der Waals surface area contributed by atoms with Crippen molar-refractivity contribution in [3.63, 3.8) is 0 Å². The number of fused-ring (bicyclic) bond motifs is 1. The van der Waals surface area contributed by atoms with Crippen molar-refractivity contribution in [2.45, 2.75) is 19.1 Å². The highest BCUT2D eigenvalue weighted by Crippen LogP contribution is 2.19. The molecule has 0 aliphatic rings. The molecule has 3 N–H and O–H groups in total. The molecule has 2 aromatic carbocycles. The number of rotatable bonds is 9. The van der Waals surface area contributed by atoms with Gasteiger partial charge in [-0.25, -0.2) is 4.79 Å². The van der Waals surface area contributed by atoms with Crippen molar-refractivity contribution in [3.05, 3.63) is 71.9 Å². The normalized spacial score (nSPS) is 11.8. The van der Waals surface area contributed by atoms with Gasteiger partial charge < -0.3 is 25.1 Å². The lowest BCUT2D eigenvalue weighted by molar-refractivity contribution is -0.123. The third-order valence-corrected chi connectivity index (χ3v) is 4.53. The monoisotopic (exact) mass is 395 g/mol. The van der Waals surface area contributed by atoms with E-state index in [0.29, 0.717) is 19.6 Å². The molecule has 0 bridgehead atoms. The summed E-state index contributed by atoms with van der Waals surface area (Å²) in [7, 11) is 1.56. The number of hydrogen-bond donors (Lipinski definition) is 3. The molecule has 7 nitrogen and oxygen atoms in total. The number of methoxy groups -OCH3 is 1. The summed E-state index contributed by atoms with van der Waals surface area (Å²) < 4.78 is 10.3. The quantitative estimate of drug-likeness (QED) is 0.486. The Balaban J connectivity index is 1.66. The summed E-state index contributed by atoms with van der Waals surface area (Å²) in [6, 6.07) is 16.4. The van der Waals surface area contributed by atoms with Crippen LogP contribution in [0.2, 0.25) is 0 Å². The summed E-state index contributed by atoms with van der Waals surface area (Å²) in [4.78, 5) is 28.1. The molecule has 7 heteroatoms. The Bertz CT molecular complexity index is 939. The smallest absolute Gasteiger partial charge is 0.408 e. The minimum atomic E-state index is -0.769. The molecule has 1 aromatic heterocycles. The van der Waals surface area contributed by atoms with E-state index < -0.39 is 12.1 Å². The van der Waals surface area contributed by atoms with Gasteiger partial charge in [-0.1, -0.05) is 48.5 Å². The standard InChI is InChI=1S/C22H25N3O4/c1-28-12-11-23-21(26)20(13-17-14-24-19-10-6-5-9-18(17)19)25-22(27)29-15-16-7-3-2-4-8-16/h2-10,14,20,24H,11-13,15H2,1H3,(H,23,26)(H,25,27)/t20-/m0/s1. The second kappa shape index (κ2) is 10.3. The van der Waals surface area contributed by atoms with Crippen molar-refractivity contribution >= 4 is 22.9 Å². The molecule has 0 saturated carbocycles. The van der Waals surface area contributed by atoms with E-state index in [-0.39, 0.29) is 12.5 Å². The van der Waals surface area contributed by atoms with E-state index >= 15 is 0 Å². The maximum Gasteiger partial charge on any atom is 0.408 e. The van der Waals surface area contributed by atoms with Crippen LogP contribution < -0.4 is 10.6 Å². The van der Waals surface area contributed by atoms with Gasteiger partial charge in [-0.2, -0.15) is 0 Å². The molecule has 0 aliphatic carbocycles. The molecule has 29 heavy (non-hydrogen) atoms. The lowest BCUT2D eigenvalue weighted by Gasteiger charge is -2.18. The first-order valence-corrected chi connectivity index (χ1v) is 9.46. The van der Waals surface area contributed by atoms with E-state index in [1.807, 2.05) is 60.8 Å². The fourth-order valence-electron chi connectivity index (χ4n) is 3.04. The number of alkyl carbamates (subject to hydrolysis) is 1. The van der Waals surface area contributed by atoms with Crippen molar-refractivity contribution in [2.24, 2.45) is 0 Å². The summed E-state index contributed by atoms with van der Waals surface area (Å²) in [5.41, 5.74) is 2.80. The van der Waals surface area contributed by atoms with Crippen molar-refractivity contribution in [3.8, 4) is 0 Å². The van der Waals surface area contributed by atoms with Gasteiger partial charge >= 0.3 is 6.09 Å². The third-order valence-electron chi connectivity index (χ3n) is 4.53. The van der Waals surface area contributed by atoms with E-state index in [9.17, 15) is 9.59 Å². The van der Waals surface area contributed by atoms with E-state index in [1.165, 1.54) is 0 Å². The van der Waals surface area contributed by atoms with E-state index in [0.717, 1.165) is 22.0 Å². The van der Waals surface area contributed by atoms with Gasteiger partial charge in [0.2, 0.25) is 5.91 Å². The van der Waals surface area contributed by atoms with Gasteiger partial charge in [-0.15, -0.1) is 0 Å². The van der Waals surface area contributed by atoms with Gasteiger partial charge in [0.1, 0.15) is 12.6 Å². The maximum atomic E-state index is 12.6. The van der Waals surface area contributed by atoms with Crippen LogP contribution in [0, 0.1) is 0 Å². The highest BCUT2D eigenvalue weighted by Gasteiger charge is 2.23. The predicted octanol–water partition coefficient (Wildman–Crippen LogP) is 2.77. The Morgan fingerprint density at radius 3 is 2.62 bits per heavy atom. The Morgan fingerprint density at radius 2 is 1.83 bits per heavy atom. The molecule has 2 amide bonds. The highest BCUT2D eigenvalue weighted by atomic mass is 16.5. The SMILES string of the molecule is COCCNC(=O)[C@H](Cc1c[nH]c2ccccc12)NC(=O)OCc1ccccc1. The van der Waals surface area contributed by atoms with Crippen LogP contribution in [0.4, 0.5) is 4.79 Å². The van der Waals surface area contributed by atoms with Gasteiger partial charge in [0.15, 0.2) is 0 Å². The van der Waals surface area contributed by atoms with Gasteiger partial charge in [-0.3, -0.25) is 4.79 Å². The number of para-hydroxylation sites is 1. The fraction of sp³-hybridized carbons (Fsp3) is 0.273. The second-order valence-corrected chi connectivity index (χ2v) is 6.61. The molecule has 0 unspecified atom stereocenters. The third kappa shape index (κ3) is 5.83. The predicted molar refractivity (Wildman–Crippen MR) is 110 cm³/mol. The van der Waals surface area contributed by atoms with Gasteiger partial charge in [-0.05, 0) is 17.2 Å². The molecule has 0 aliphatic heterocycles. The topological polar surface area (TPSA) is 92.5 Å². The number of H-pyrrole nitrogens is 1. The Morgan fingerprint density at radius 1 is 1.07 bits per heavy atom. The molecule has 3 aromatic rings. The lowest BCUT2D eigenvalue weighted by Crippen LogP contribution is -2.48. The summed E-state index contributed by atoms with van der Waals surface area (Å²) in [5.74, 6) is -0.288. The fourth-order valence-corrected chi connectivity index (χ4v) is 3.04. The average molecular weight is 395 g/mol. The molecule has 0 saturated heterocycles. The number of aromatic amines is 1. The first-order chi connectivity index (χ1) is 14.2. The molecule has 0 radical (unpaired) electrons. The van der Waals surface area contributed by atoms with Crippen LogP contribution in [-0.4, -0.2) is 43.3 Å². The summed E-state index contributed by atoms with van der Waals surface area (Å²) in [5, 5.41) is 6.48. The number of benzene rings is 2. The Hall–Kier alpha value is -3.32. The molecular formula is C22H25N3O4. The number of carbonyl (C=O) groups excluding carboxylic acids is 2. The molecule has 1 atom stereocenters. The molecular weight excluding hydrogens is 370 g/mol. The highest BCUT2D eigenvalue weighted by molar-refractivity contribution is 5.88. The van der Waals surface area contributed by atoms with E-state index in [4.69, 9.17) is 9.47 Å². The van der Waals surface area contributed by atoms with Gasteiger partial charge in [0.25, 0.3) is 0 Å². The van der Waals surface area contributed by atoms with Crippen LogP contribution in [0.25, 0.3) is 10.9 Å². The molecule has 1 heterocycles. The van der Waals surface area contributed by atoms with Gasteiger partial charge in [0, 0.05) is 37.2 Å². The van der Waals surface area contributed by atoms with Crippen LogP contribution >= 0.6 is 0 Å². The van der Waals surface area contributed by atoms with Crippen LogP contribution in [0.5, 0.6) is 0 Å². The number of amides is 2. The van der Waals surface area contributed by atoms with Crippen LogP contribution in [0.1, 0.15) is 11.1 Å². The largest absolute Gasteiger partial charge is 0.445 e. The second-order valence-electron chi connectivity index (χ2n) is 6.61. The van der Waals surface area contributed by atoms with E-state index in [2.05, 4.69) is 15.6 Å². The lowest BCUT2D eigenvalue weighted by atomic mass is 10.0. The average Bonchev–Trinajstić information content (AvgIpc) is 3.15. The Labute approximate surface area is 169 Å². The minimum Gasteiger partial charge on any atom is -0.445 e. The number of hydrogen-bond acceptors (Lipinski definition) is 4. The van der Waals surface area contributed by atoms with Crippen LogP contribution in [0.3, 0.4) is 0 Å². The number of carbonyl (C=O) groups is 2. The molecule has 0 fully saturated rings. The van der Waals surface area contributed by atoms with Crippen molar-refractivity contribution in [1.82, 2.24) is 15.6 Å². The zero-order chi connectivity index (χ0) is 20.5. The first kappa shape index (κ1) is 20.4. The molecule has 3 rings (SSSR count). The zero-order valence-electron chi connectivity index (χ0n) is 16.3. The van der Waals surface area contributed by atoms with Gasteiger partial charge in [0.05, 0.1) is 6.61 Å². The summed E-state index contributed by atoms with van der Waals surface area (Å²) in [6.45, 7) is 0.891. The van der Waals surface area contributed by atoms with Crippen LogP contribution in [-0.2, 0) is 27.3 Å². The number of nitrogens with one attached hydrogen (secondary N) is 3. The maximum absolute atomic E-state index is 12.6. The first-order valence-electron chi connectivity index (χ1n) is 9.46. The minimum absolute atomic E-state index is 0.137. The molecule has 0 spiro atoms. The molecule has 152 valence electrons. The van der Waals surface area contributed by atoms with Crippen molar-refractivity contribution in [2.75, 3.05) is 20.3 Å². The van der Waals surface area contributed by atoms with E-state index in [1.54, 1.807) is 7.11 Å². The van der Waals surface area contributed by atoms with Crippen LogP contribution in [0.15, 0.2) is 60.8 Å². The van der Waals surface area contributed by atoms with Crippen molar-refractivity contribution in [1.29, 1.82) is 0 Å². The zero-order valence-corrected chi connectivity index (χ0v) is 16.3.